The Hall–Kier alpha value is -2.49. The Morgan fingerprint density at radius 1 is 1.23 bits per heavy atom. The van der Waals surface area contributed by atoms with Crippen LogP contribution in [0.5, 0.6) is 5.75 Å². The summed E-state index contributed by atoms with van der Waals surface area (Å²) in [5.74, 6) is 0.0391. The molecular weight excluding hydrogens is 281 g/mol. The minimum atomic E-state index is -0.132. The molecule has 0 unspecified atom stereocenters. The number of nitrogens with zero attached hydrogens (tertiary/aromatic N) is 1. The highest BCUT2D eigenvalue weighted by Gasteiger charge is 1.99. The van der Waals surface area contributed by atoms with E-state index in [2.05, 4.69) is 12.1 Å². The molecule has 4 heteroatoms. The van der Waals surface area contributed by atoms with Crippen molar-refractivity contribution in [2.75, 3.05) is 0 Å². The number of nitroso groups, excluding NO2 is 1. The molecule has 3 nitrogen and oxygen atoms in total. The van der Waals surface area contributed by atoms with E-state index in [0.29, 0.717) is 16.8 Å². The highest BCUT2D eigenvalue weighted by Crippen LogP contribution is 2.24. The van der Waals surface area contributed by atoms with Crippen LogP contribution in [0.2, 0.25) is 0 Å². The number of benzene rings is 2. The van der Waals surface area contributed by atoms with Gasteiger partial charge in [0.1, 0.15) is 17.3 Å². The fourth-order valence-corrected chi connectivity index (χ4v) is 1.66. The first kappa shape index (κ1) is 17.6. The number of phenolic OH excluding ortho intramolecular Hbond substituents is 1. The van der Waals surface area contributed by atoms with Crippen molar-refractivity contribution in [3.8, 4) is 5.75 Å². The number of aryl methyl sites for hydroxylation is 1. The summed E-state index contributed by atoms with van der Waals surface area (Å²) in [6.45, 7) is 3.82. The van der Waals surface area contributed by atoms with Crippen molar-refractivity contribution >= 4 is 11.8 Å². The molecule has 0 saturated heterocycles. The highest BCUT2D eigenvalue weighted by atomic mass is 19.1. The zero-order valence-electron chi connectivity index (χ0n) is 12.8. The van der Waals surface area contributed by atoms with E-state index < -0.39 is 0 Å². The Bertz CT molecular complexity index is 618. The number of aromatic hydroxyl groups is 1. The molecule has 0 aliphatic carbocycles. The fraction of sp³-hybridized carbons (Fsp3) is 0.222. The molecule has 0 spiro atoms. The highest BCUT2D eigenvalue weighted by molar-refractivity contribution is 5.61. The second-order valence-corrected chi connectivity index (χ2v) is 4.77. The van der Waals surface area contributed by atoms with E-state index in [0.717, 1.165) is 12.8 Å². The molecule has 0 heterocycles. The maximum absolute atomic E-state index is 12.3. The number of rotatable bonds is 4. The van der Waals surface area contributed by atoms with E-state index in [1.807, 2.05) is 12.1 Å². The first-order valence-electron chi connectivity index (χ1n) is 7.12. The molecule has 1 N–H and O–H groups in total. The van der Waals surface area contributed by atoms with Gasteiger partial charge in [0.15, 0.2) is 0 Å². The molecular formula is C18H20FNO2. The van der Waals surface area contributed by atoms with Crippen molar-refractivity contribution in [1.82, 2.24) is 0 Å². The Kier molecular flexibility index (Phi) is 7.54. The van der Waals surface area contributed by atoms with Gasteiger partial charge in [-0.15, -0.1) is 4.91 Å². The molecule has 0 bridgehead atoms. The van der Waals surface area contributed by atoms with Gasteiger partial charge in [-0.05, 0) is 48.4 Å². The van der Waals surface area contributed by atoms with Gasteiger partial charge in [0, 0.05) is 5.56 Å². The summed E-state index contributed by atoms with van der Waals surface area (Å²) in [4.78, 5) is 10.2. The van der Waals surface area contributed by atoms with E-state index >= 15 is 0 Å². The van der Waals surface area contributed by atoms with E-state index in [9.17, 15) is 14.4 Å². The zero-order valence-corrected chi connectivity index (χ0v) is 12.8. The average molecular weight is 301 g/mol. The van der Waals surface area contributed by atoms with Crippen molar-refractivity contribution in [3.05, 3.63) is 70.4 Å². The monoisotopic (exact) mass is 301 g/mol. The lowest BCUT2D eigenvalue weighted by molar-refractivity contribution is 0.474. The summed E-state index contributed by atoms with van der Waals surface area (Å²) in [6, 6.07) is 11.2. The smallest absolute Gasteiger partial charge is 0.126 e. The lowest BCUT2D eigenvalue weighted by atomic mass is 10.1. The average Bonchev–Trinajstić information content (AvgIpc) is 2.53. The molecule has 0 radical (unpaired) electrons. The lowest BCUT2D eigenvalue weighted by Gasteiger charge is -1.98. The summed E-state index contributed by atoms with van der Waals surface area (Å²) >= 11 is 0. The van der Waals surface area contributed by atoms with E-state index in [1.165, 1.54) is 18.2 Å². The van der Waals surface area contributed by atoms with Crippen LogP contribution in [0.4, 0.5) is 10.1 Å². The van der Waals surface area contributed by atoms with Gasteiger partial charge in [-0.3, -0.25) is 0 Å². The van der Waals surface area contributed by atoms with Gasteiger partial charge in [-0.2, -0.15) is 0 Å². The predicted octanol–water partition coefficient (Wildman–Crippen LogP) is 5.74. The number of phenols is 1. The summed E-state index contributed by atoms with van der Waals surface area (Å²) in [5, 5.41) is 12.2. The number of hydrogen-bond acceptors (Lipinski definition) is 3. The van der Waals surface area contributed by atoms with Crippen LogP contribution in [0, 0.1) is 17.6 Å². The molecule has 2 rings (SSSR count). The van der Waals surface area contributed by atoms with Gasteiger partial charge in [0.25, 0.3) is 0 Å². The largest absolute Gasteiger partial charge is 0.507 e. The van der Waals surface area contributed by atoms with Crippen molar-refractivity contribution in [2.24, 2.45) is 5.18 Å². The van der Waals surface area contributed by atoms with Gasteiger partial charge in [-0.25, -0.2) is 4.39 Å². The molecule has 0 aliphatic rings. The van der Waals surface area contributed by atoms with Crippen LogP contribution in [-0.4, -0.2) is 5.11 Å². The van der Waals surface area contributed by atoms with Crippen molar-refractivity contribution in [2.45, 2.75) is 26.7 Å². The van der Waals surface area contributed by atoms with Crippen LogP contribution in [0.3, 0.4) is 0 Å². The summed E-state index contributed by atoms with van der Waals surface area (Å²) in [7, 11) is 0. The quantitative estimate of drug-likeness (QED) is 0.732. The third kappa shape index (κ3) is 5.87. The van der Waals surface area contributed by atoms with Crippen molar-refractivity contribution < 1.29 is 9.50 Å². The van der Waals surface area contributed by atoms with Gasteiger partial charge < -0.3 is 5.11 Å². The van der Waals surface area contributed by atoms with Crippen LogP contribution >= 0.6 is 0 Å². The normalized spacial score (nSPS) is 10.1. The van der Waals surface area contributed by atoms with Gasteiger partial charge in [0.05, 0.1) is 0 Å². The number of unbranched alkanes of at least 4 members (excludes halogenated alkanes) is 1. The molecule has 2 aromatic rings. The van der Waals surface area contributed by atoms with E-state index in [4.69, 9.17) is 0 Å². The van der Waals surface area contributed by atoms with Crippen LogP contribution in [-0.2, 0) is 0 Å². The molecule has 0 fully saturated rings. The van der Waals surface area contributed by atoms with Gasteiger partial charge >= 0.3 is 0 Å². The Labute approximate surface area is 130 Å². The maximum Gasteiger partial charge on any atom is 0.126 e. The standard InChI is InChI=1S/C11H13NO2.C7H7F/c1-2-3-4-5-9-8-10(12-14)6-7-11(9)13;1-6-4-2-3-5-7(6)8/h4-8,13H,2-3H2,1H3;2-5H,1H3/b5-4-;. The Morgan fingerprint density at radius 3 is 2.50 bits per heavy atom. The summed E-state index contributed by atoms with van der Waals surface area (Å²) < 4.78 is 12.3. The zero-order chi connectivity index (χ0) is 16.4. The first-order chi connectivity index (χ1) is 10.6. The third-order valence-electron chi connectivity index (χ3n) is 2.95. The minimum absolute atomic E-state index is 0.132. The molecule has 22 heavy (non-hydrogen) atoms. The van der Waals surface area contributed by atoms with Crippen LogP contribution in [0.1, 0.15) is 30.9 Å². The molecule has 2 aromatic carbocycles. The fourth-order valence-electron chi connectivity index (χ4n) is 1.66. The molecule has 0 aromatic heterocycles. The molecule has 0 aliphatic heterocycles. The lowest BCUT2D eigenvalue weighted by Crippen LogP contribution is -1.76. The number of hydrogen-bond donors (Lipinski definition) is 1. The van der Waals surface area contributed by atoms with Gasteiger partial charge in [0.2, 0.25) is 0 Å². The summed E-state index contributed by atoms with van der Waals surface area (Å²) in [6.07, 6.45) is 5.78. The van der Waals surface area contributed by atoms with Crippen LogP contribution in [0.15, 0.2) is 53.7 Å². The minimum Gasteiger partial charge on any atom is -0.507 e. The maximum atomic E-state index is 12.3. The predicted molar refractivity (Wildman–Crippen MR) is 88.6 cm³/mol. The Morgan fingerprint density at radius 2 is 1.95 bits per heavy atom. The third-order valence-corrected chi connectivity index (χ3v) is 2.95. The second-order valence-electron chi connectivity index (χ2n) is 4.77. The van der Waals surface area contributed by atoms with Crippen molar-refractivity contribution in [1.29, 1.82) is 0 Å². The van der Waals surface area contributed by atoms with Gasteiger partial charge in [-0.1, -0.05) is 43.7 Å². The van der Waals surface area contributed by atoms with Crippen LogP contribution in [0.25, 0.3) is 6.08 Å². The molecule has 0 saturated carbocycles. The first-order valence-corrected chi connectivity index (χ1v) is 7.12. The Balaban J connectivity index is 0.000000255. The van der Waals surface area contributed by atoms with E-state index in [-0.39, 0.29) is 11.6 Å². The SMILES string of the molecule is CCC/C=C\c1cc(N=O)ccc1O.Cc1ccccc1F. The second kappa shape index (κ2) is 9.45. The molecule has 0 amide bonds. The van der Waals surface area contributed by atoms with Crippen molar-refractivity contribution in [3.63, 3.8) is 0 Å². The number of halogens is 1. The molecule has 0 atom stereocenters. The summed E-state index contributed by atoms with van der Waals surface area (Å²) in [5.41, 5.74) is 1.67. The van der Waals surface area contributed by atoms with E-state index in [1.54, 1.807) is 31.2 Å². The number of allylic oxidation sites excluding steroid dienone is 1. The topological polar surface area (TPSA) is 49.7 Å². The molecule has 116 valence electrons. The van der Waals surface area contributed by atoms with Crippen LogP contribution < -0.4 is 0 Å².